The van der Waals surface area contributed by atoms with Crippen LogP contribution in [0.25, 0.3) is 21.9 Å². The van der Waals surface area contributed by atoms with Crippen molar-refractivity contribution in [2.75, 3.05) is 37.4 Å². The van der Waals surface area contributed by atoms with Crippen molar-refractivity contribution in [1.29, 1.82) is 0 Å². The van der Waals surface area contributed by atoms with Crippen LogP contribution >= 0.6 is 0 Å². The Bertz CT molecular complexity index is 1410. The summed E-state index contributed by atoms with van der Waals surface area (Å²) < 4.78 is 50.9. The van der Waals surface area contributed by atoms with E-state index in [1.807, 2.05) is 24.3 Å². The largest absolute Gasteiger partial charge is 0.495 e. The first-order valence-corrected chi connectivity index (χ1v) is 11.2. The van der Waals surface area contributed by atoms with E-state index in [4.69, 9.17) is 9.15 Å². The third-order valence-corrected chi connectivity index (χ3v) is 5.66. The molecule has 0 aliphatic heterocycles. The van der Waals surface area contributed by atoms with Crippen LogP contribution in [0.5, 0.6) is 5.75 Å². The fraction of sp³-hybridized carbons (Fsp3) is 0.231. The van der Waals surface area contributed by atoms with Gasteiger partial charge in [-0.05, 0) is 30.8 Å². The van der Waals surface area contributed by atoms with E-state index in [2.05, 4.69) is 10.6 Å². The van der Waals surface area contributed by atoms with E-state index in [9.17, 15) is 22.8 Å². The maximum atomic E-state index is 13.2. The Hall–Kier alpha value is -4.05. The Labute approximate surface area is 204 Å². The number of nitrogens with zero attached hydrogens (tertiary/aromatic N) is 1. The van der Waals surface area contributed by atoms with Gasteiger partial charge in [-0.25, -0.2) is 0 Å². The highest BCUT2D eigenvalue weighted by molar-refractivity contribution is 6.08. The zero-order valence-corrected chi connectivity index (χ0v) is 19.6. The molecule has 4 rings (SSSR count). The minimum atomic E-state index is -4.60. The number of benzene rings is 3. The lowest BCUT2D eigenvalue weighted by Gasteiger charge is -2.20. The minimum Gasteiger partial charge on any atom is -0.495 e. The molecule has 0 fully saturated rings. The number of carbonyl (C=O) groups excluding carboxylic acids is 2. The van der Waals surface area contributed by atoms with E-state index in [0.29, 0.717) is 29.1 Å². The quantitative estimate of drug-likeness (QED) is 0.334. The number of fused-ring (bicyclic) bond motifs is 3. The molecule has 0 bridgehead atoms. The number of likely N-dealkylation sites (N-methyl/N-ethyl adjacent to an activating group) is 1. The summed E-state index contributed by atoms with van der Waals surface area (Å²) in [4.78, 5) is 26.7. The predicted octanol–water partition coefficient (Wildman–Crippen LogP) is 5.51. The molecular formula is C26H24F3N3O4. The van der Waals surface area contributed by atoms with Gasteiger partial charge in [-0.15, -0.1) is 0 Å². The Kier molecular flexibility index (Phi) is 7.16. The first kappa shape index (κ1) is 25.1. The number of carbonyl (C=O) groups is 2. The molecule has 4 aromatic rings. The average Bonchev–Trinajstić information content (AvgIpc) is 3.20. The lowest BCUT2D eigenvalue weighted by Crippen LogP contribution is -2.38. The molecule has 2 N–H and O–H groups in total. The van der Waals surface area contributed by atoms with Crippen LogP contribution in [0.2, 0.25) is 0 Å². The van der Waals surface area contributed by atoms with Gasteiger partial charge >= 0.3 is 6.18 Å². The van der Waals surface area contributed by atoms with E-state index in [1.54, 1.807) is 19.1 Å². The number of ether oxygens (including phenoxy) is 1. The summed E-state index contributed by atoms with van der Waals surface area (Å²) in [7, 11) is 1.49. The highest BCUT2D eigenvalue weighted by Gasteiger charge is 2.33. The summed E-state index contributed by atoms with van der Waals surface area (Å²) in [5.74, 6) is -0.649. The molecule has 36 heavy (non-hydrogen) atoms. The maximum Gasteiger partial charge on any atom is 0.418 e. The van der Waals surface area contributed by atoms with Crippen LogP contribution in [0.4, 0.5) is 24.5 Å². The van der Waals surface area contributed by atoms with Gasteiger partial charge in [0.15, 0.2) is 0 Å². The van der Waals surface area contributed by atoms with Gasteiger partial charge in [0.1, 0.15) is 16.9 Å². The molecular weight excluding hydrogens is 475 g/mol. The molecule has 0 radical (unpaired) electrons. The first-order chi connectivity index (χ1) is 17.2. The van der Waals surface area contributed by atoms with Crippen LogP contribution in [0.3, 0.4) is 0 Å². The molecule has 3 aromatic carbocycles. The zero-order valence-electron chi connectivity index (χ0n) is 19.6. The van der Waals surface area contributed by atoms with Gasteiger partial charge in [0.25, 0.3) is 0 Å². The number of rotatable bonds is 8. The van der Waals surface area contributed by atoms with Gasteiger partial charge in [0.05, 0.1) is 37.1 Å². The lowest BCUT2D eigenvalue weighted by atomic mass is 10.1. The summed E-state index contributed by atoms with van der Waals surface area (Å²) in [5.41, 5.74) is 0.399. The van der Waals surface area contributed by atoms with Crippen LogP contribution < -0.4 is 15.4 Å². The van der Waals surface area contributed by atoms with Crippen molar-refractivity contribution in [1.82, 2.24) is 4.90 Å². The van der Waals surface area contributed by atoms with Crippen molar-refractivity contribution in [2.24, 2.45) is 0 Å². The number of anilines is 2. The fourth-order valence-corrected chi connectivity index (χ4v) is 3.92. The van der Waals surface area contributed by atoms with E-state index in [1.165, 1.54) is 30.2 Å². The molecule has 0 atom stereocenters. The first-order valence-electron chi connectivity index (χ1n) is 11.2. The monoisotopic (exact) mass is 499 g/mol. The molecule has 0 spiro atoms. The number of nitrogens with one attached hydrogen (secondary N) is 2. The van der Waals surface area contributed by atoms with Gasteiger partial charge in [0, 0.05) is 16.8 Å². The number of furan rings is 1. The molecule has 0 saturated carbocycles. The summed E-state index contributed by atoms with van der Waals surface area (Å²) in [6.07, 6.45) is -4.60. The Morgan fingerprint density at radius 3 is 2.19 bits per heavy atom. The van der Waals surface area contributed by atoms with Gasteiger partial charge in [0.2, 0.25) is 11.8 Å². The second-order valence-electron chi connectivity index (χ2n) is 8.09. The van der Waals surface area contributed by atoms with Crippen molar-refractivity contribution in [2.45, 2.75) is 13.1 Å². The highest BCUT2D eigenvalue weighted by atomic mass is 19.4. The third kappa shape index (κ3) is 5.44. The standard InChI is InChI=1S/C26H24F3N3O4/c1-3-32(14-24(33)30-19-10-6-5-9-18(19)26(27,28)29)15-25(34)31-20-13-22-17(12-23(20)35-2)16-8-4-7-11-21(16)36-22/h4-13H,3,14-15H2,1-2H3,(H,30,33)(H,31,34). The maximum absolute atomic E-state index is 13.2. The SMILES string of the molecule is CCN(CC(=O)Nc1cc2oc3ccccc3c2cc1OC)CC(=O)Nc1ccccc1C(F)(F)F. The number of halogens is 3. The van der Waals surface area contributed by atoms with Crippen LogP contribution in [-0.2, 0) is 15.8 Å². The zero-order chi connectivity index (χ0) is 25.9. The van der Waals surface area contributed by atoms with Crippen LogP contribution in [0.1, 0.15) is 12.5 Å². The van der Waals surface area contributed by atoms with Crippen molar-refractivity contribution < 1.29 is 31.9 Å². The molecule has 7 nitrogen and oxygen atoms in total. The minimum absolute atomic E-state index is 0.161. The average molecular weight is 499 g/mol. The van der Waals surface area contributed by atoms with Crippen LogP contribution in [0, 0.1) is 0 Å². The van der Waals surface area contributed by atoms with Gasteiger partial charge in [-0.2, -0.15) is 13.2 Å². The second-order valence-corrected chi connectivity index (χ2v) is 8.09. The summed E-state index contributed by atoms with van der Waals surface area (Å²) in [6, 6.07) is 15.7. The Balaban J connectivity index is 1.44. The van der Waals surface area contributed by atoms with E-state index >= 15 is 0 Å². The molecule has 10 heteroatoms. The van der Waals surface area contributed by atoms with Gasteiger partial charge in [-0.3, -0.25) is 14.5 Å². The van der Waals surface area contributed by atoms with Gasteiger partial charge < -0.3 is 19.8 Å². The van der Waals surface area contributed by atoms with Crippen LogP contribution in [0.15, 0.2) is 65.1 Å². The predicted molar refractivity (Wildman–Crippen MR) is 131 cm³/mol. The number of alkyl halides is 3. The van der Waals surface area contributed by atoms with Crippen molar-refractivity contribution in [3.8, 4) is 5.75 Å². The summed E-state index contributed by atoms with van der Waals surface area (Å²) >= 11 is 0. The molecule has 0 saturated heterocycles. The fourth-order valence-electron chi connectivity index (χ4n) is 3.92. The Morgan fingerprint density at radius 2 is 1.53 bits per heavy atom. The molecule has 0 aliphatic rings. The molecule has 188 valence electrons. The number of amides is 2. The highest BCUT2D eigenvalue weighted by Crippen LogP contribution is 2.36. The topological polar surface area (TPSA) is 83.8 Å². The lowest BCUT2D eigenvalue weighted by molar-refractivity contribution is -0.137. The Morgan fingerprint density at radius 1 is 0.889 bits per heavy atom. The van der Waals surface area contributed by atoms with Crippen molar-refractivity contribution in [3.05, 3.63) is 66.2 Å². The molecule has 2 amide bonds. The number of hydrogen-bond acceptors (Lipinski definition) is 5. The van der Waals surface area contributed by atoms with Crippen molar-refractivity contribution in [3.63, 3.8) is 0 Å². The van der Waals surface area contributed by atoms with Crippen molar-refractivity contribution >= 4 is 45.1 Å². The molecule has 0 unspecified atom stereocenters. The normalized spacial score (nSPS) is 11.7. The number of hydrogen-bond donors (Lipinski definition) is 2. The molecule has 1 aromatic heterocycles. The third-order valence-electron chi connectivity index (χ3n) is 5.66. The summed E-state index contributed by atoms with van der Waals surface area (Å²) in [6.45, 7) is 1.63. The molecule has 1 heterocycles. The number of para-hydroxylation sites is 2. The molecule has 0 aliphatic carbocycles. The van der Waals surface area contributed by atoms with E-state index in [0.717, 1.165) is 16.8 Å². The van der Waals surface area contributed by atoms with Crippen LogP contribution in [-0.4, -0.2) is 43.5 Å². The number of methoxy groups -OCH3 is 1. The van der Waals surface area contributed by atoms with E-state index in [-0.39, 0.29) is 18.8 Å². The van der Waals surface area contributed by atoms with Gasteiger partial charge in [-0.1, -0.05) is 37.3 Å². The summed E-state index contributed by atoms with van der Waals surface area (Å²) in [5, 5.41) is 6.81. The second kappa shape index (κ2) is 10.3. The smallest absolute Gasteiger partial charge is 0.418 e. The van der Waals surface area contributed by atoms with E-state index < -0.39 is 23.6 Å².